The molecule has 1 fully saturated rings. The summed E-state index contributed by atoms with van der Waals surface area (Å²) in [6.07, 6.45) is 2.67. The minimum atomic E-state index is -0.310. The molecule has 0 saturated carbocycles. The second kappa shape index (κ2) is 8.29. The van der Waals surface area contributed by atoms with Crippen molar-refractivity contribution in [2.45, 2.75) is 31.7 Å². The Morgan fingerprint density at radius 1 is 1.17 bits per heavy atom. The van der Waals surface area contributed by atoms with E-state index in [1.54, 1.807) is 6.07 Å². The number of benzene rings is 2. The predicted molar refractivity (Wildman–Crippen MR) is 111 cm³/mol. The summed E-state index contributed by atoms with van der Waals surface area (Å²) in [6.45, 7) is 2.97. The summed E-state index contributed by atoms with van der Waals surface area (Å²) in [5.74, 6) is -0.0155. The van der Waals surface area contributed by atoms with Crippen LogP contribution in [0.25, 0.3) is 22.0 Å². The van der Waals surface area contributed by atoms with Gasteiger partial charge >= 0.3 is 0 Å². The third-order valence-corrected chi connectivity index (χ3v) is 5.80. The molecule has 3 heterocycles. The fourth-order valence-corrected chi connectivity index (χ4v) is 4.16. The summed E-state index contributed by atoms with van der Waals surface area (Å²) < 4.78 is 20.5. The number of hydrogen-bond donors (Lipinski definition) is 0. The zero-order valence-corrected chi connectivity index (χ0v) is 17.1. The number of piperidine rings is 1. The second-order valence-electron chi connectivity index (χ2n) is 7.54. The average Bonchev–Trinajstić information content (AvgIpc) is 3.35. The maximum atomic E-state index is 13.3. The number of hydrogen-bond acceptors (Lipinski definition) is 6. The van der Waals surface area contributed by atoms with Gasteiger partial charge in [-0.05, 0) is 49.6 Å². The van der Waals surface area contributed by atoms with Gasteiger partial charge in [0.2, 0.25) is 0 Å². The van der Waals surface area contributed by atoms with E-state index in [4.69, 9.17) is 21.0 Å². The maximum Gasteiger partial charge on any atom is 0.170 e. The van der Waals surface area contributed by atoms with Crippen LogP contribution in [-0.4, -0.2) is 44.9 Å². The van der Waals surface area contributed by atoms with Gasteiger partial charge in [0.25, 0.3) is 0 Å². The number of fused-ring (bicyclic) bond motifs is 2. The smallest absolute Gasteiger partial charge is 0.170 e. The van der Waals surface area contributed by atoms with Crippen molar-refractivity contribution in [3.63, 3.8) is 0 Å². The molecular formula is C21H21ClFN5O2. The molecule has 2 aromatic heterocycles. The van der Waals surface area contributed by atoms with Crippen molar-refractivity contribution >= 4 is 33.6 Å². The summed E-state index contributed by atoms with van der Waals surface area (Å²) in [6, 6.07) is 10.2. The molecule has 0 amide bonds. The van der Waals surface area contributed by atoms with Crippen molar-refractivity contribution < 1.29 is 13.8 Å². The quantitative estimate of drug-likeness (QED) is 0.418. The van der Waals surface area contributed by atoms with Crippen molar-refractivity contribution in [2.75, 3.05) is 19.7 Å². The zero-order valence-electron chi connectivity index (χ0n) is 16.3. The second-order valence-corrected chi connectivity index (χ2v) is 7.98. The highest BCUT2D eigenvalue weighted by Crippen LogP contribution is 2.32. The molecule has 5 rings (SSSR count). The first-order valence-corrected chi connectivity index (χ1v) is 10.5. The largest absolute Gasteiger partial charge is 0.356 e. The Morgan fingerprint density at radius 2 is 2.03 bits per heavy atom. The van der Waals surface area contributed by atoms with Gasteiger partial charge < -0.3 is 4.52 Å². The van der Waals surface area contributed by atoms with Crippen LogP contribution in [0.3, 0.4) is 0 Å². The number of halogens is 2. The lowest BCUT2D eigenvalue weighted by atomic mass is 9.92. The van der Waals surface area contributed by atoms with E-state index in [1.165, 1.54) is 12.1 Å². The fraction of sp³-hybridized carbons (Fsp3) is 0.381. The van der Waals surface area contributed by atoms with Gasteiger partial charge in [0.15, 0.2) is 5.58 Å². The van der Waals surface area contributed by atoms with Crippen molar-refractivity contribution in [2.24, 2.45) is 0 Å². The van der Waals surface area contributed by atoms with Crippen LogP contribution in [0.5, 0.6) is 0 Å². The molecule has 4 aromatic rings. The molecule has 0 radical (unpaired) electrons. The van der Waals surface area contributed by atoms with Crippen molar-refractivity contribution in [1.29, 1.82) is 0 Å². The third-order valence-electron chi connectivity index (χ3n) is 5.57. The van der Waals surface area contributed by atoms with Crippen LogP contribution in [0.2, 0.25) is 5.02 Å². The van der Waals surface area contributed by atoms with Gasteiger partial charge in [-0.3, -0.25) is 4.84 Å². The van der Waals surface area contributed by atoms with Crippen molar-refractivity contribution in [3.8, 4) is 0 Å². The highest BCUT2D eigenvalue weighted by Gasteiger charge is 2.25. The molecule has 7 nitrogen and oxygen atoms in total. The molecule has 30 heavy (non-hydrogen) atoms. The van der Waals surface area contributed by atoms with Gasteiger partial charge in [0, 0.05) is 42.0 Å². The lowest BCUT2D eigenvalue weighted by Gasteiger charge is -2.30. The molecule has 156 valence electrons. The lowest BCUT2D eigenvalue weighted by molar-refractivity contribution is -0.171. The predicted octanol–water partition coefficient (Wildman–Crippen LogP) is 4.57. The Morgan fingerprint density at radius 3 is 2.90 bits per heavy atom. The summed E-state index contributed by atoms with van der Waals surface area (Å²) in [4.78, 5) is 5.94. The van der Waals surface area contributed by atoms with Gasteiger partial charge in [-0.1, -0.05) is 22.0 Å². The number of aryl methyl sites for hydroxylation is 1. The Labute approximate surface area is 177 Å². The zero-order chi connectivity index (χ0) is 20.5. The highest BCUT2D eigenvalue weighted by atomic mass is 35.5. The molecule has 1 saturated heterocycles. The summed E-state index contributed by atoms with van der Waals surface area (Å²) in [5, 5.41) is 16.1. The number of rotatable bonds is 6. The van der Waals surface area contributed by atoms with E-state index in [9.17, 15) is 4.39 Å². The van der Waals surface area contributed by atoms with Crippen LogP contribution in [0, 0.1) is 5.82 Å². The SMILES string of the molecule is Fc1ccc2c(C3CCN(OCCCn4nnc5ccc(Cl)cc54)CC3)noc2c1. The van der Waals surface area contributed by atoms with Gasteiger partial charge in [0.1, 0.15) is 11.3 Å². The van der Waals surface area contributed by atoms with Crippen LogP contribution in [-0.2, 0) is 11.4 Å². The highest BCUT2D eigenvalue weighted by molar-refractivity contribution is 6.31. The number of hydroxylamine groups is 2. The Balaban J connectivity index is 1.11. The normalized spacial score (nSPS) is 16.1. The molecule has 0 N–H and O–H groups in total. The standard InChI is InChI=1S/C21H21ClFN5O2/c22-15-2-5-18-19(12-15)28(26-24-18)8-1-11-29-27-9-6-14(7-10-27)21-17-4-3-16(23)13-20(17)30-25-21/h2-5,12-14H,1,6-11H2. The van der Waals surface area contributed by atoms with Gasteiger partial charge in [-0.15, -0.1) is 5.10 Å². The van der Waals surface area contributed by atoms with Crippen LogP contribution < -0.4 is 0 Å². The van der Waals surface area contributed by atoms with E-state index < -0.39 is 0 Å². The summed E-state index contributed by atoms with van der Waals surface area (Å²) >= 11 is 6.07. The van der Waals surface area contributed by atoms with Crippen LogP contribution >= 0.6 is 11.6 Å². The first kappa shape index (κ1) is 19.4. The number of nitrogens with zero attached hydrogens (tertiary/aromatic N) is 5. The molecule has 0 aliphatic carbocycles. The maximum absolute atomic E-state index is 13.3. The van der Waals surface area contributed by atoms with E-state index in [2.05, 4.69) is 15.5 Å². The summed E-state index contributed by atoms with van der Waals surface area (Å²) in [5.41, 5.74) is 3.19. The molecular weight excluding hydrogens is 409 g/mol. The van der Waals surface area contributed by atoms with Crippen LogP contribution in [0.4, 0.5) is 4.39 Å². The van der Waals surface area contributed by atoms with Gasteiger partial charge in [0.05, 0.1) is 17.8 Å². The Bertz CT molecular complexity index is 1170. The fourth-order valence-electron chi connectivity index (χ4n) is 3.99. The third kappa shape index (κ3) is 3.90. The first-order valence-electron chi connectivity index (χ1n) is 10.1. The van der Waals surface area contributed by atoms with E-state index in [0.717, 1.165) is 61.0 Å². The first-order chi connectivity index (χ1) is 14.7. The van der Waals surface area contributed by atoms with E-state index in [0.29, 0.717) is 23.1 Å². The summed E-state index contributed by atoms with van der Waals surface area (Å²) in [7, 11) is 0. The van der Waals surface area contributed by atoms with E-state index >= 15 is 0 Å². The minimum absolute atomic E-state index is 0.294. The van der Waals surface area contributed by atoms with Gasteiger partial charge in [-0.25, -0.2) is 9.07 Å². The lowest BCUT2D eigenvalue weighted by Crippen LogP contribution is -2.33. The molecule has 0 atom stereocenters. The molecule has 1 aliphatic heterocycles. The molecule has 0 bridgehead atoms. The molecule has 1 aliphatic rings. The minimum Gasteiger partial charge on any atom is -0.356 e. The average molecular weight is 430 g/mol. The number of aromatic nitrogens is 4. The van der Waals surface area contributed by atoms with Crippen LogP contribution in [0.15, 0.2) is 40.9 Å². The van der Waals surface area contributed by atoms with Crippen molar-refractivity contribution in [3.05, 3.63) is 52.9 Å². The molecule has 9 heteroatoms. The van der Waals surface area contributed by atoms with E-state index in [1.807, 2.05) is 27.9 Å². The monoisotopic (exact) mass is 429 g/mol. The molecule has 0 unspecified atom stereocenters. The van der Waals surface area contributed by atoms with Gasteiger partial charge in [-0.2, -0.15) is 5.06 Å². The Hall–Kier alpha value is -2.55. The topological polar surface area (TPSA) is 69.2 Å². The molecule has 2 aromatic carbocycles. The van der Waals surface area contributed by atoms with Crippen LogP contribution in [0.1, 0.15) is 30.9 Å². The van der Waals surface area contributed by atoms with Crippen molar-refractivity contribution in [1.82, 2.24) is 25.2 Å². The van der Waals surface area contributed by atoms with E-state index in [-0.39, 0.29) is 5.82 Å². The Kier molecular flexibility index (Phi) is 5.37. The molecule has 0 spiro atoms.